The van der Waals surface area contributed by atoms with E-state index in [1.807, 2.05) is 38.1 Å². The molecule has 0 aliphatic carbocycles. The second-order valence-corrected chi connectivity index (χ2v) is 6.69. The highest BCUT2D eigenvalue weighted by Gasteiger charge is 2.06. The van der Waals surface area contributed by atoms with Gasteiger partial charge in [0, 0.05) is 25.9 Å². The van der Waals surface area contributed by atoms with Crippen LogP contribution in [0, 0.1) is 6.92 Å². The fourth-order valence-electron chi connectivity index (χ4n) is 1.66. The summed E-state index contributed by atoms with van der Waals surface area (Å²) >= 11 is 0. The average Bonchev–Trinajstić information content (AvgIpc) is 2.54. The third-order valence-corrected chi connectivity index (χ3v) is 3.96. The van der Waals surface area contributed by atoms with Crippen LogP contribution in [0.1, 0.15) is 18.1 Å². The molecule has 0 aliphatic heterocycles. The molecule has 2 aromatic rings. The van der Waals surface area contributed by atoms with E-state index in [1.54, 1.807) is 25.3 Å². The van der Waals surface area contributed by atoms with E-state index in [2.05, 4.69) is 10.1 Å². The third kappa shape index (κ3) is 5.98. The Labute approximate surface area is 142 Å². The molecule has 0 bridgehead atoms. The van der Waals surface area contributed by atoms with Crippen LogP contribution in [-0.2, 0) is 10.1 Å². The lowest BCUT2D eigenvalue weighted by molar-refractivity contribution is 0.319. The predicted octanol–water partition coefficient (Wildman–Crippen LogP) is 2.59. The smallest absolute Gasteiger partial charge is 0.294 e. The lowest BCUT2D eigenvalue weighted by atomic mass is 10.2. The van der Waals surface area contributed by atoms with Gasteiger partial charge in [0.05, 0.1) is 10.6 Å². The van der Waals surface area contributed by atoms with Gasteiger partial charge in [-0.15, -0.1) is 0 Å². The summed E-state index contributed by atoms with van der Waals surface area (Å²) in [7, 11) is -0.191. The van der Waals surface area contributed by atoms with Gasteiger partial charge in [0.1, 0.15) is 5.82 Å². The zero-order chi connectivity index (χ0) is 18.3. The molecule has 0 unspecified atom stereocenters. The third-order valence-electron chi connectivity index (χ3n) is 3.09. The van der Waals surface area contributed by atoms with Crippen molar-refractivity contribution in [2.45, 2.75) is 18.7 Å². The first-order valence-electron chi connectivity index (χ1n) is 7.01. The lowest BCUT2D eigenvalue weighted by Gasteiger charge is -2.11. The van der Waals surface area contributed by atoms with Crippen molar-refractivity contribution in [3.8, 4) is 0 Å². The number of nitrogens with zero attached hydrogens (tertiary/aromatic N) is 3. The molecule has 1 aromatic heterocycles. The molecule has 0 saturated heterocycles. The fourth-order valence-corrected chi connectivity index (χ4v) is 2.14. The monoisotopic (exact) mass is 351 g/mol. The molecular formula is C16H21N3O4S. The van der Waals surface area contributed by atoms with Gasteiger partial charge in [-0.25, -0.2) is 4.98 Å². The Hall–Kier alpha value is -2.45. The topological polar surface area (TPSA) is 103 Å². The molecule has 0 radical (unpaired) electrons. The van der Waals surface area contributed by atoms with Crippen LogP contribution in [-0.4, -0.2) is 43.0 Å². The summed E-state index contributed by atoms with van der Waals surface area (Å²) in [6.45, 7) is 3.59. The van der Waals surface area contributed by atoms with Crippen LogP contribution in [0.25, 0.3) is 0 Å². The van der Waals surface area contributed by atoms with E-state index in [0.717, 1.165) is 16.9 Å². The fraction of sp³-hybridized carbons (Fsp3) is 0.250. The summed E-state index contributed by atoms with van der Waals surface area (Å²) in [5.41, 5.74) is 2.42. The van der Waals surface area contributed by atoms with Crippen LogP contribution in [0.5, 0.6) is 0 Å². The summed E-state index contributed by atoms with van der Waals surface area (Å²) in [6.07, 6.45) is 1.69. The van der Waals surface area contributed by atoms with Crippen molar-refractivity contribution in [3.05, 3.63) is 53.7 Å². The molecule has 7 nitrogen and oxygen atoms in total. The summed E-state index contributed by atoms with van der Waals surface area (Å²) in [6, 6.07) is 9.67. The van der Waals surface area contributed by atoms with E-state index in [-0.39, 0.29) is 4.90 Å². The molecule has 24 heavy (non-hydrogen) atoms. The number of aryl methyl sites for hydroxylation is 1. The zero-order valence-corrected chi connectivity index (χ0v) is 14.8. The molecule has 0 fully saturated rings. The Kier molecular flexibility index (Phi) is 6.87. The van der Waals surface area contributed by atoms with Gasteiger partial charge in [-0.1, -0.05) is 22.9 Å². The average molecular weight is 351 g/mol. The SMILES string of the molecule is CC(=NO)c1ccnc(N(C)C)c1.Cc1ccc(S(=O)(=O)O)cc1. The van der Waals surface area contributed by atoms with Crippen LogP contribution in [0.2, 0.25) is 0 Å². The Bertz CT molecular complexity index is 800. The number of oxime groups is 1. The first-order chi connectivity index (χ1) is 11.1. The van der Waals surface area contributed by atoms with Crippen molar-refractivity contribution in [2.24, 2.45) is 5.16 Å². The van der Waals surface area contributed by atoms with E-state index in [1.165, 1.54) is 12.1 Å². The molecule has 0 spiro atoms. The first kappa shape index (κ1) is 19.6. The van der Waals surface area contributed by atoms with Crippen LogP contribution >= 0.6 is 0 Å². The Balaban J connectivity index is 0.000000243. The number of aromatic nitrogens is 1. The molecule has 0 amide bonds. The maximum atomic E-state index is 10.5. The largest absolute Gasteiger partial charge is 0.411 e. The second-order valence-electron chi connectivity index (χ2n) is 5.27. The van der Waals surface area contributed by atoms with Gasteiger partial charge in [-0.05, 0) is 38.1 Å². The predicted molar refractivity (Wildman–Crippen MR) is 93.6 cm³/mol. The van der Waals surface area contributed by atoms with Crippen LogP contribution in [0.4, 0.5) is 5.82 Å². The number of hydrogen-bond acceptors (Lipinski definition) is 6. The van der Waals surface area contributed by atoms with Crippen molar-refractivity contribution in [1.29, 1.82) is 0 Å². The Morgan fingerprint density at radius 2 is 1.75 bits per heavy atom. The highest BCUT2D eigenvalue weighted by molar-refractivity contribution is 7.85. The van der Waals surface area contributed by atoms with Crippen molar-refractivity contribution in [1.82, 2.24) is 4.98 Å². The molecular weight excluding hydrogens is 330 g/mol. The normalized spacial score (nSPS) is 11.5. The summed E-state index contributed by atoms with van der Waals surface area (Å²) in [5.74, 6) is 0.848. The first-order valence-corrected chi connectivity index (χ1v) is 8.45. The molecule has 1 aromatic carbocycles. The standard InChI is InChI=1S/C9H13N3O.C7H8O3S/c1-7(11-13)8-4-5-10-9(6-8)12(2)3;1-6-2-4-7(5-3-6)11(8,9)10/h4-6,13H,1-3H3;2-5H,1H3,(H,8,9,10). The maximum absolute atomic E-state index is 10.5. The number of benzene rings is 1. The van der Waals surface area contributed by atoms with E-state index >= 15 is 0 Å². The second kappa shape index (κ2) is 8.42. The van der Waals surface area contributed by atoms with Crippen LogP contribution in [0.15, 0.2) is 52.6 Å². The van der Waals surface area contributed by atoms with Gasteiger partial charge >= 0.3 is 0 Å². The van der Waals surface area contributed by atoms with E-state index in [9.17, 15) is 8.42 Å². The molecule has 2 N–H and O–H groups in total. The highest BCUT2D eigenvalue weighted by Crippen LogP contribution is 2.10. The summed E-state index contributed by atoms with van der Waals surface area (Å²) < 4.78 is 29.6. The lowest BCUT2D eigenvalue weighted by Crippen LogP contribution is -2.11. The molecule has 8 heteroatoms. The molecule has 2 rings (SSSR count). The van der Waals surface area contributed by atoms with E-state index < -0.39 is 10.1 Å². The molecule has 0 aliphatic rings. The van der Waals surface area contributed by atoms with Crippen molar-refractivity contribution in [3.63, 3.8) is 0 Å². The van der Waals surface area contributed by atoms with Crippen molar-refractivity contribution >= 4 is 21.6 Å². The van der Waals surface area contributed by atoms with Crippen molar-refractivity contribution in [2.75, 3.05) is 19.0 Å². The summed E-state index contributed by atoms with van der Waals surface area (Å²) in [4.78, 5) is 5.98. The zero-order valence-electron chi connectivity index (χ0n) is 14.0. The minimum absolute atomic E-state index is 0.0666. The highest BCUT2D eigenvalue weighted by atomic mass is 32.2. The number of pyridine rings is 1. The Morgan fingerprint density at radius 1 is 1.17 bits per heavy atom. The van der Waals surface area contributed by atoms with Gasteiger partial charge in [0.2, 0.25) is 0 Å². The van der Waals surface area contributed by atoms with Crippen molar-refractivity contribution < 1.29 is 18.2 Å². The summed E-state index contributed by atoms with van der Waals surface area (Å²) in [5, 5.41) is 11.7. The van der Waals surface area contributed by atoms with Gasteiger partial charge in [-0.3, -0.25) is 4.55 Å². The van der Waals surface area contributed by atoms with Gasteiger partial charge < -0.3 is 10.1 Å². The van der Waals surface area contributed by atoms with E-state index in [0.29, 0.717) is 5.71 Å². The van der Waals surface area contributed by atoms with Gasteiger partial charge in [-0.2, -0.15) is 8.42 Å². The number of anilines is 1. The molecule has 0 atom stereocenters. The minimum Gasteiger partial charge on any atom is -0.411 e. The quantitative estimate of drug-likeness (QED) is 0.381. The molecule has 1 heterocycles. The van der Waals surface area contributed by atoms with Crippen LogP contribution < -0.4 is 4.90 Å². The van der Waals surface area contributed by atoms with E-state index in [4.69, 9.17) is 9.76 Å². The van der Waals surface area contributed by atoms with Crippen LogP contribution in [0.3, 0.4) is 0 Å². The maximum Gasteiger partial charge on any atom is 0.294 e. The Morgan fingerprint density at radius 3 is 2.21 bits per heavy atom. The van der Waals surface area contributed by atoms with Gasteiger partial charge in [0.15, 0.2) is 0 Å². The molecule has 0 saturated carbocycles. The molecule has 130 valence electrons. The van der Waals surface area contributed by atoms with Gasteiger partial charge in [0.25, 0.3) is 10.1 Å². The number of hydrogen-bond donors (Lipinski definition) is 2. The minimum atomic E-state index is -4.02. The number of rotatable bonds is 3.